The van der Waals surface area contributed by atoms with Gasteiger partial charge in [0.05, 0.1) is 25.4 Å². The van der Waals surface area contributed by atoms with Crippen LogP contribution in [-0.2, 0) is 25.5 Å². The molecular formula is C44H53F3O5. The molecule has 0 saturated heterocycles. The fourth-order valence-corrected chi connectivity index (χ4v) is 7.16. The molecule has 4 rings (SSSR count). The van der Waals surface area contributed by atoms with E-state index in [1.54, 1.807) is 13.0 Å². The number of halogens is 3. The van der Waals surface area contributed by atoms with E-state index < -0.39 is 36.1 Å². The summed E-state index contributed by atoms with van der Waals surface area (Å²) in [5.41, 5.74) is 4.57. The minimum Gasteiger partial charge on any atom is -0.462 e. The summed E-state index contributed by atoms with van der Waals surface area (Å²) >= 11 is 0. The topological polar surface area (TPSA) is 72.8 Å². The predicted molar refractivity (Wildman–Crippen MR) is 200 cm³/mol. The van der Waals surface area contributed by atoms with Gasteiger partial charge < -0.3 is 14.6 Å². The van der Waals surface area contributed by atoms with E-state index in [1.807, 2.05) is 12.1 Å². The molecule has 0 spiro atoms. The molecule has 1 unspecified atom stereocenters. The van der Waals surface area contributed by atoms with Gasteiger partial charge in [0.1, 0.15) is 17.5 Å². The minimum absolute atomic E-state index is 0.000823. The van der Waals surface area contributed by atoms with Crippen molar-refractivity contribution in [1.82, 2.24) is 0 Å². The number of carbonyl (C=O) groups excluding carboxylic acids is 2. The molecule has 5 nitrogen and oxygen atoms in total. The number of aryl methyl sites for hydroxylation is 1. The molecule has 3 aromatic rings. The Balaban J connectivity index is 1.39. The van der Waals surface area contributed by atoms with Crippen LogP contribution in [0.4, 0.5) is 13.2 Å². The molecule has 280 valence electrons. The number of benzene rings is 3. The average molecular weight is 719 g/mol. The lowest BCUT2D eigenvalue weighted by Gasteiger charge is -2.30. The van der Waals surface area contributed by atoms with E-state index >= 15 is 13.2 Å². The van der Waals surface area contributed by atoms with E-state index in [0.29, 0.717) is 62.5 Å². The van der Waals surface area contributed by atoms with E-state index in [4.69, 9.17) is 14.6 Å². The van der Waals surface area contributed by atoms with Gasteiger partial charge in [-0.1, -0.05) is 69.3 Å². The molecule has 0 radical (unpaired) electrons. The molecule has 1 saturated carbocycles. The van der Waals surface area contributed by atoms with Crippen molar-refractivity contribution < 1.29 is 37.3 Å². The number of aliphatic hydroxyl groups excluding tert-OH is 1. The molecule has 1 aliphatic carbocycles. The van der Waals surface area contributed by atoms with Crippen LogP contribution in [0.1, 0.15) is 124 Å². The smallest absolute Gasteiger partial charge is 0.335 e. The van der Waals surface area contributed by atoms with E-state index in [0.717, 1.165) is 17.5 Å². The van der Waals surface area contributed by atoms with Crippen LogP contribution >= 0.6 is 0 Å². The lowest BCUT2D eigenvalue weighted by Crippen LogP contribution is -2.15. The second-order valence-electron chi connectivity index (χ2n) is 14.1. The minimum atomic E-state index is -0.722. The van der Waals surface area contributed by atoms with Crippen molar-refractivity contribution in [2.75, 3.05) is 19.8 Å². The number of ether oxygens (including phenoxy) is 2. The maximum atomic E-state index is 15.8. The lowest BCUT2D eigenvalue weighted by molar-refractivity contribution is -0.140. The Morgan fingerprint density at radius 3 is 1.90 bits per heavy atom. The highest BCUT2D eigenvalue weighted by Gasteiger charge is 2.28. The first-order valence-corrected chi connectivity index (χ1v) is 18.7. The monoisotopic (exact) mass is 718 g/mol. The van der Waals surface area contributed by atoms with Crippen LogP contribution in [0, 0.1) is 17.5 Å². The van der Waals surface area contributed by atoms with Crippen LogP contribution in [0.25, 0.3) is 11.1 Å². The van der Waals surface area contributed by atoms with E-state index in [2.05, 4.69) is 44.3 Å². The highest BCUT2D eigenvalue weighted by Crippen LogP contribution is 2.43. The first-order valence-electron chi connectivity index (χ1n) is 18.7. The first kappa shape index (κ1) is 40.6. The molecule has 0 bridgehead atoms. The predicted octanol–water partition coefficient (Wildman–Crippen LogP) is 10.8. The van der Waals surface area contributed by atoms with Gasteiger partial charge in [-0.2, -0.15) is 0 Å². The van der Waals surface area contributed by atoms with Crippen LogP contribution in [0.15, 0.2) is 78.9 Å². The first-order chi connectivity index (χ1) is 25.0. The normalized spacial score (nSPS) is 16.3. The molecule has 8 heteroatoms. The van der Waals surface area contributed by atoms with Gasteiger partial charge in [0.25, 0.3) is 0 Å². The summed E-state index contributed by atoms with van der Waals surface area (Å²) in [6.07, 6.45) is 8.78. The maximum absolute atomic E-state index is 15.8. The second kappa shape index (κ2) is 20.2. The summed E-state index contributed by atoms with van der Waals surface area (Å²) in [6.45, 7) is 10.3. The van der Waals surface area contributed by atoms with E-state index in [1.165, 1.54) is 37.0 Å². The molecule has 1 atom stereocenters. The Hall–Kier alpha value is -4.17. The summed E-state index contributed by atoms with van der Waals surface area (Å²) in [4.78, 5) is 23.7. The number of unbranched alkanes of at least 4 members (excludes halogenated alkanes) is 2. The summed E-state index contributed by atoms with van der Waals surface area (Å²) in [5, 5.41) is 9.08. The largest absolute Gasteiger partial charge is 0.462 e. The van der Waals surface area contributed by atoms with Crippen molar-refractivity contribution in [2.24, 2.45) is 0 Å². The van der Waals surface area contributed by atoms with E-state index in [-0.39, 0.29) is 47.6 Å². The maximum Gasteiger partial charge on any atom is 0.335 e. The number of hydrogen-bond donors (Lipinski definition) is 1. The van der Waals surface area contributed by atoms with Crippen molar-refractivity contribution in [3.8, 4) is 11.1 Å². The number of esters is 2. The van der Waals surface area contributed by atoms with Gasteiger partial charge in [-0.3, -0.25) is 0 Å². The number of rotatable bonds is 19. The number of carbonyl (C=O) groups is 2. The molecule has 0 aliphatic heterocycles. The standard InChI is InChI=1S/C44H53F3O5/c1-5-6-7-10-31-13-15-32(16-14-31)36-21-22-38(39(45)25-36)34-19-17-33(18-20-34)37-26-40(46)42(41(47)27-37)35(11-8-23-51-43(49)29(2)3)12-9-24-52-44(50)30(4)28-48/h13-16,21-22,25-27,33-35,48H,2,4-12,17-20,23-24,28H2,1,3H3. The van der Waals surface area contributed by atoms with Crippen molar-refractivity contribution in [1.29, 1.82) is 0 Å². The Morgan fingerprint density at radius 1 is 0.769 bits per heavy atom. The third-order valence-corrected chi connectivity index (χ3v) is 10.2. The van der Waals surface area contributed by atoms with Crippen molar-refractivity contribution in [2.45, 2.75) is 109 Å². The van der Waals surface area contributed by atoms with Crippen LogP contribution in [-0.4, -0.2) is 36.9 Å². The highest BCUT2D eigenvalue weighted by atomic mass is 19.1. The molecule has 0 amide bonds. The van der Waals surface area contributed by atoms with Gasteiger partial charge in [-0.05, 0) is 135 Å². The quantitative estimate of drug-likeness (QED) is 0.0759. The molecule has 1 N–H and O–H groups in total. The zero-order chi connectivity index (χ0) is 37.6. The SMILES string of the molecule is C=C(C)C(=O)OCCCC(CCCOC(=O)C(=C)CO)c1c(F)cc(C2CCC(c3ccc(-c4ccc(CCCCC)cc4)cc3F)CC2)cc1F. The summed E-state index contributed by atoms with van der Waals surface area (Å²) in [5.74, 6) is -3.31. The summed E-state index contributed by atoms with van der Waals surface area (Å²) < 4.78 is 57.4. The number of hydrogen-bond acceptors (Lipinski definition) is 5. The molecule has 3 aromatic carbocycles. The van der Waals surface area contributed by atoms with Crippen molar-refractivity contribution in [3.63, 3.8) is 0 Å². The molecular weight excluding hydrogens is 665 g/mol. The third kappa shape index (κ3) is 11.4. The third-order valence-electron chi connectivity index (χ3n) is 10.2. The van der Waals surface area contributed by atoms with Crippen molar-refractivity contribution >= 4 is 11.9 Å². The Labute approximate surface area is 306 Å². The Bertz CT molecular complexity index is 1650. The van der Waals surface area contributed by atoms with Crippen molar-refractivity contribution in [3.05, 3.63) is 119 Å². The molecule has 52 heavy (non-hydrogen) atoms. The highest BCUT2D eigenvalue weighted by molar-refractivity contribution is 5.88. The Morgan fingerprint density at radius 2 is 1.35 bits per heavy atom. The molecule has 0 heterocycles. The van der Waals surface area contributed by atoms with Gasteiger partial charge >= 0.3 is 11.9 Å². The zero-order valence-electron chi connectivity index (χ0n) is 30.7. The van der Waals surface area contributed by atoms with Crippen LogP contribution in [0.5, 0.6) is 0 Å². The second-order valence-corrected chi connectivity index (χ2v) is 14.1. The van der Waals surface area contributed by atoms with Gasteiger partial charge in [-0.25, -0.2) is 22.8 Å². The molecule has 1 fully saturated rings. The fraction of sp³-hybridized carbons (Fsp3) is 0.455. The molecule has 0 aromatic heterocycles. The van der Waals surface area contributed by atoms with Gasteiger partial charge in [-0.15, -0.1) is 0 Å². The number of aliphatic hydroxyl groups is 1. The van der Waals surface area contributed by atoms with Crippen LogP contribution in [0.3, 0.4) is 0 Å². The summed E-state index contributed by atoms with van der Waals surface area (Å²) in [6, 6.07) is 16.7. The van der Waals surface area contributed by atoms with Crippen LogP contribution < -0.4 is 0 Å². The fourth-order valence-electron chi connectivity index (χ4n) is 7.16. The van der Waals surface area contributed by atoms with E-state index in [9.17, 15) is 9.59 Å². The van der Waals surface area contributed by atoms with Gasteiger partial charge in [0.15, 0.2) is 0 Å². The Kier molecular flexibility index (Phi) is 15.7. The summed E-state index contributed by atoms with van der Waals surface area (Å²) in [7, 11) is 0. The average Bonchev–Trinajstić information content (AvgIpc) is 3.14. The zero-order valence-corrected chi connectivity index (χ0v) is 30.7. The molecule has 1 aliphatic rings. The van der Waals surface area contributed by atoms with Gasteiger partial charge in [0.2, 0.25) is 0 Å². The van der Waals surface area contributed by atoms with Gasteiger partial charge in [0, 0.05) is 11.1 Å². The lowest BCUT2D eigenvalue weighted by atomic mass is 9.75. The van der Waals surface area contributed by atoms with Crippen LogP contribution in [0.2, 0.25) is 0 Å².